The van der Waals surface area contributed by atoms with E-state index in [1.54, 1.807) is 20.8 Å². The van der Waals surface area contributed by atoms with Gasteiger partial charge in [0.15, 0.2) is 5.76 Å². The molecule has 5 fully saturated rings. The molecule has 1 spiro atoms. The molecule has 0 aromatic rings. The van der Waals surface area contributed by atoms with E-state index in [9.17, 15) is 49.8 Å². The third-order valence-corrected chi connectivity index (χ3v) is 11.1. The Morgan fingerprint density at radius 2 is 1.73 bits per heavy atom. The number of ether oxygens (including phenoxy) is 6. The van der Waals surface area contributed by atoms with Crippen molar-refractivity contribution in [3.8, 4) is 0 Å². The standard InChI is InChI=1S/C32H40O16/c1-11(2)6-17(34)48-23-25-31-10-44-32(25,29(42)43-5)26(40)22(39)24(31)30(4)8-14(18(35)12(3)13(30)7-16(31)47-27(23)41)45-28-21(38)20(37)19(36)15(9-33)46-28/h6,8,15-16,19-26,28,33,36-40H,7,9-10H2,1-5H3/t15-,16-,19-,20+,21-,22-,23-,24?,25-,26+,28-,30+,31-,32+/m1/s1. The Kier molecular flexibility index (Phi) is 8.44. The average molecular weight is 681 g/mol. The first-order valence-electron chi connectivity index (χ1n) is 15.6. The van der Waals surface area contributed by atoms with Crippen molar-refractivity contribution < 1.29 is 78.2 Å². The Morgan fingerprint density at radius 3 is 2.35 bits per heavy atom. The fraction of sp³-hybridized carbons (Fsp3) is 0.688. The summed E-state index contributed by atoms with van der Waals surface area (Å²) in [5.74, 6) is -6.66. The summed E-state index contributed by atoms with van der Waals surface area (Å²) in [5, 5.41) is 64.5. The van der Waals surface area contributed by atoms with Crippen LogP contribution in [0.2, 0.25) is 0 Å². The molecule has 16 heteroatoms. The summed E-state index contributed by atoms with van der Waals surface area (Å²) >= 11 is 0. The highest BCUT2D eigenvalue weighted by Gasteiger charge is 2.84. The van der Waals surface area contributed by atoms with Crippen LogP contribution in [-0.4, -0.2) is 135 Å². The first-order chi connectivity index (χ1) is 22.5. The van der Waals surface area contributed by atoms with Gasteiger partial charge in [-0.3, -0.25) is 4.79 Å². The molecule has 2 bridgehead atoms. The lowest BCUT2D eigenvalue weighted by atomic mass is 9.40. The molecule has 6 rings (SSSR count). The van der Waals surface area contributed by atoms with Crippen LogP contribution in [0.15, 0.2) is 34.6 Å². The van der Waals surface area contributed by atoms with E-state index >= 15 is 0 Å². The van der Waals surface area contributed by atoms with Crippen LogP contribution >= 0.6 is 0 Å². The topological polar surface area (TPSA) is 245 Å². The van der Waals surface area contributed by atoms with E-state index in [1.165, 1.54) is 13.0 Å². The molecule has 264 valence electrons. The van der Waals surface area contributed by atoms with Crippen molar-refractivity contribution in [1.29, 1.82) is 0 Å². The Balaban J connectivity index is 1.49. The number of carbonyl (C=O) groups is 4. The maximum Gasteiger partial charge on any atom is 0.348 e. The van der Waals surface area contributed by atoms with Gasteiger partial charge >= 0.3 is 17.9 Å². The fourth-order valence-electron chi connectivity index (χ4n) is 9.07. The lowest BCUT2D eigenvalue weighted by Crippen LogP contribution is -2.78. The molecule has 0 radical (unpaired) electrons. The largest absolute Gasteiger partial charge is 0.467 e. The van der Waals surface area contributed by atoms with Crippen molar-refractivity contribution in [2.45, 2.75) is 94.8 Å². The number of aliphatic hydroxyl groups excluding tert-OH is 6. The van der Waals surface area contributed by atoms with E-state index in [4.69, 9.17) is 28.4 Å². The van der Waals surface area contributed by atoms with Crippen molar-refractivity contribution in [3.63, 3.8) is 0 Å². The highest BCUT2D eigenvalue weighted by atomic mass is 16.7. The number of rotatable bonds is 6. The molecular weight excluding hydrogens is 640 g/mol. The third kappa shape index (κ3) is 4.50. The molecule has 14 atom stereocenters. The van der Waals surface area contributed by atoms with Gasteiger partial charge in [-0.1, -0.05) is 12.5 Å². The van der Waals surface area contributed by atoms with Crippen LogP contribution in [-0.2, 0) is 47.6 Å². The quantitative estimate of drug-likeness (QED) is 0.0981. The summed E-state index contributed by atoms with van der Waals surface area (Å²) in [4.78, 5) is 53.8. The van der Waals surface area contributed by atoms with Crippen molar-refractivity contribution >= 4 is 23.7 Å². The molecule has 3 saturated heterocycles. The second-order valence-electron chi connectivity index (χ2n) is 13.8. The van der Waals surface area contributed by atoms with E-state index in [0.717, 1.165) is 13.2 Å². The Hall–Kier alpha value is -3.22. The first kappa shape index (κ1) is 34.6. The van der Waals surface area contributed by atoms with Crippen LogP contribution in [0, 0.1) is 22.7 Å². The van der Waals surface area contributed by atoms with Crippen LogP contribution in [0.1, 0.15) is 34.1 Å². The van der Waals surface area contributed by atoms with Crippen molar-refractivity contribution in [2.24, 2.45) is 22.7 Å². The van der Waals surface area contributed by atoms with Gasteiger partial charge in [-0.2, -0.15) is 0 Å². The number of aliphatic hydroxyl groups is 6. The number of hydrogen-bond donors (Lipinski definition) is 6. The number of methoxy groups -OCH3 is 1. The molecule has 3 aliphatic heterocycles. The molecular formula is C32H40O16. The minimum absolute atomic E-state index is 0.0747. The monoisotopic (exact) mass is 680 g/mol. The maximum atomic E-state index is 13.7. The summed E-state index contributed by atoms with van der Waals surface area (Å²) in [7, 11) is 1.05. The zero-order chi connectivity index (χ0) is 35.2. The predicted molar refractivity (Wildman–Crippen MR) is 155 cm³/mol. The SMILES string of the molecule is COC(=O)[C@@]12OC[C@]34C([C@@H](O)[C@@H]1O)[C@@]1(C)C=C(O[C@@H]5O[C@H](CO)[C@@H](O)[C@H](O)[C@H]5O)C(=O)C(C)=C1C[C@H]3OC(=O)[C@H](OC(=O)C=C(C)C)[C@@H]24. The number of carbonyl (C=O) groups excluding carboxylic acids is 4. The molecule has 48 heavy (non-hydrogen) atoms. The normalized spacial score (nSPS) is 46.1. The van der Waals surface area contributed by atoms with E-state index in [1.807, 2.05) is 0 Å². The predicted octanol–water partition coefficient (Wildman–Crippen LogP) is -2.30. The molecule has 6 N–H and O–H groups in total. The van der Waals surface area contributed by atoms with Gasteiger partial charge in [0.25, 0.3) is 0 Å². The van der Waals surface area contributed by atoms with Gasteiger partial charge in [0, 0.05) is 34.8 Å². The van der Waals surface area contributed by atoms with Crippen molar-refractivity contribution in [3.05, 3.63) is 34.6 Å². The first-order valence-corrected chi connectivity index (χ1v) is 15.6. The Labute approximate surface area is 274 Å². The molecule has 1 unspecified atom stereocenters. The third-order valence-electron chi connectivity index (χ3n) is 11.1. The molecule has 2 saturated carbocycles. The van der Waals surface area contributed by atoms with E-state index < -0.39 is 114 Å². The lowest BCUT2D eigenvalue weighted by molar-refractivity contribution is -0.291. The van der Waals surface area contributed by atoms with Gasteiger partial charge < -0.3 is 59.1 Å². The molecule has 0 aromatic carbocycles. The second kappa shape index (κ2) is 11.7. The number of ketones is 1. The van der Waals surface area contributed by atoms with Crippen LogP contribution < -0.4 is 0 Å². The zero-order valence-corrected chi connectivity index (χ0v) is 26.9. The molecule has 16 nitrogen and oxygen atoms in total. The van der Waals surface area contributed by atoms with E-state index in [-0.39, 0.29) is 24.4 Å². The summed E-state index contributed by atoms with van der Waals surface area (Å²) in [5.41, 5.74) is -4.15. The van der Waals surface area contributed by atoms with Gasteiger partial charge in [0.05, 0.1) is 32.3 Å². The molecule has 0 aromatic heterocycles. The van der Waals surface area contributed by atoms with Gasteiger partial charge in [0.2, 0.25) is 23.8 Å². The molecule has 0 amide bonds. The highest BCUT2D eigenvalue weighted by molar-refractivity contribution is 6.08. The maximum absolute atomic E-state index is 13.7. The average Bonchev–Trinajstić information content (AvgIpc) is 3.34. The van der Waals surface area contributed by atoms with E-state index in [2.05, 4.69) is 0 Å². The molecule has 3 aliphatic carbocycles. The zero-order valence-electron chi connectivity index (χ0n) is 26.9. The van der Waals surface area contributed by atoms with Crippen LogP contribution in [0.5, 0.6) is 0 Å². The molecule has 3 heterocycles. The van der Waals surface area contributed by atoms with Crippen LogP contribution in [0.25, 0.3) is 0 Å². The Morgan fingerprint density at radius 1 is 1.04 bits per heavy atom. The van der Waals surface area contributed by atoms with Gasteiger partial charge in [-0.05, 0) is 32.4 Å². The van der Waals surface area contributed by atoms with Crippen LogP contribution in [0.3, 0.4) is 0 Å². The summed E-state index contributed by atoms with van der Waals surface area (Å²) < 4.78 is 34.0. The van der Waals surface area contributed by atoms with E-state index in [0.29, 0.717) is 11.1 Å². The van der Waals surface area contributed by atoms with Gasteiger partial charge in [-0.15, -0.1) is 0 Å². The lowest BCUT2D eigenvalue weighted by Gasteiger charge is -2.65. The van der Waals surface area contributed by atoms with Crippen LogP contribution in [0.4, 0.5) is 0 Å². The molecule has 6 aliphatic rings. The smallest absolute Gasteiger partial charge is 0.348 e. The minimum Gasteiger partial charge on any atom is -0.467 e. The summed E-state index contributed by atoms with van der Waals surface area (Å²) in [6.45, 7) is 5.31. The second-order valence-corrected chi connectivity index (χ2v) is 13.8. The number of Topliss-reactive ketones (excluding diaryl/α,β-unsaturated/α-hetero) is 1. The fourth-order valence-corrected chi connectivity index (χ4v) is 9.07. The van der Waals surface area contributed by atoms with Gasteiger partial charge in [-0.25, -0.2) is 14.4 Å². The number of hydrogen-bond acceptors (Lipinski definition) is 16. The van der Waals surface area contributed by atoms with Crippen molar-refractivity contribution in [1.82, 2.24) is 0 Å². The minimum atomic E-state index is -2.35. The summed E-state index contributed by atoms with van der Waals surface area (Å²) in [6, 6.07) is 0. The number of esters is 3. The highest BCUT2D eigenvalue weighted by Crippen LogP contribution is 2.72. The number of fused-ring (bicyclic) bond motifs is 2. The van der Waals surface area contributed by atoms with Gasteiger partial charge in [0.1, 0.15) is 36.6 Å². The van der Waals surface area contributed by atoms with Crippen molar-refractivity contribution in [2.75, 3.05) is 20.3 Å². The Bertz CT molecular complexity index is 1510. The summed E-state index contributed by atoms with van der Waals surface area (Å²) in [6.07, 6.45) is -12.6. The number of allylic oxidation sites excluding steroid dienone is 3.